The summed E-state index contributed by atoms with van der Waals surface area (Å²) < 4.78 is 10.7. The van der Waals surface area contributed by atoms with E-state index in [0.717, 1.165) is 31.2 Å². The Bertz CT molecular complexity index is 862. The van der Waals surface area contributed by atoms with E-state index < -0.39 is 0 Å². The first kappa shape index (κ1) is 15.2. The lowest BCUT2D eigenvalue weighted by molar-refractivity contribution is 0.0436. The fraction of sp³-hybridized carbons (Fsp3) is 0.389. The van der Waals surface area contributed by atoms with Gasteiger partial charge < -0.3 is 24.6 Å². The lowest BCUT2D eigenvalue weighted by Crippen LogP contribution is -2.71. The molecule has 1 aromatic heterocycles. The number of benzene rings is 1. The molecule has 3 fully saturated rings. The highest BCUT2D eigenvalue weighted by Crippen LogP contribution is 2.36. The lowest BCUT2D eigenvalue weighted by Gasteiger charge is -2.56. The minimum absolute atomic E-state index is 0.0661. The van der Waals surface area contributed by atoms with Crippen LogP contribution in [0.3, 0.4) is 0 Å². The van der Waals surface area contributed by atoms with Crippen molar-refractivity contribution in [1.82, 2.24) is 14.9 Å². The quantitative estimate of drug-likeness (QED) is 0.890. The number of ether oxygens (including phenoxy) is 2. The monoisotopic (exact) mass is 353 g/mol. The molecule has 2 unspecified atom stereocenters. The number of rotatable bonds is 2. The highest BCUT2D eigenvalue weighted by molar-refractivity contribution is 5.91. The van der Waals surface area contributed by atoms with Crippen molar-refractivity contribution < 1.29 is 14.3 Å². The molecule has 0 spiro atoms. The molecule has 0 saturated carbocycles. The number of piperidine rings is 1. The van der Waals surface area contributed by atoms with E-state index in [1.807, 2.05) is 30.0 Å². The Hall–Kier alpha value is -3.03. The van der Waals surface area contributed by atoms with E-state index in [9.17, 15) is 4.79 Å². The molecule has 1 N–H and O–H groups in total. The van der Waals surface area contributed by atoms with Crippen LogP contribution in [-0.2, 0) is 0 Å². The molecule has 2 amide bonds. The number of aromatic nitrogens is 2. The van der Waals surface area contributed by atoms with Gasteiger partial charge in [-0.3, -0.25) is 0 Å². The van der Waals surface area contributed by atoms with Gasteiger partial charge in [-0.1, -0.05) is 0 Å². The van der Waals surface area contributed by atoms with Crippen molar-refractivity contribution in [1.29, 1.82) is 0 Å². The summed E-state index contributed by atoms with van der Waals surface area (Å²) in [7, 11) is 0. The zero-order valence-corrected chi connectivity index (χ0v) is 14.4. The van der Waals surface area contributed by atoms with Crippen molar-refractivity contribution in [2.75, 3.05) is 30.1 Å². The summed E-state index contributed by atoms with van der Waals surface area (Å²) in [5.74, 6) is 3.07. The SMILES string of the molecule is Cc1nccc(N2CC3CC(C2)N3C(=O)Nc2ccc3c(c2)OCO3)n1. The second-order valence-electron chi connectivity index (χ2n) is 6.82. The van der Waals surface area contributed by atoms with Crippen LogP contribution in [-0.4, -0.2) is 52.9 Å². The van der Waals surface area contributed by atoms with E-state index in [1.54, 1.807) is 12.3 Å². The van der Waals surface area contributed by atoms with Gasteiger partial charge in [0.25, 0.3) is 0 Å². The number of urea groups is 1. The molecule has 0 radical (unpaired) electrons. The van der Waals surface area contributed by atoms with Gasteiger partial charge in [-0.05, 0) is 31.5 Å². The first-order valence-electron chi connectivity index (χ1n) is 8.71. The number of carbonyl (C=O) groups excluding carboxylic acids is 1. The Morgan fingerprint density at radius 2 is 2.00 bits per heavy atom. The Morgan fingerprint density at radius 1 is 1.19 bits per heavy atom. The third-order valence-electron chi connectivity index (χ3n) is 5.14. The second-order valence-corrected chi connectivity index (χ2v) is 6.82. The predicted octanol–water partition coefficient (Wildman–Crippen LogP) is 2.01. The molecule has 3 saturated heterocycles. The van der Waals surface area contributed by atoms with Gasteiger partial charge in [-0.25, -0.2) is 14.8 Å². The van der Waals surface area contributed by atoms with Gasteiger partial charge in [-0.15, -0.1) is 0 Å². The smallest absolute Gasteiger partial charge is 0.322 e. The maximum absolute atomic E-state index is 12.7. The number of amides is 2. The second kappa shape index (κ2) is 5.76. The Balaban J connectivity index is 1.26. The summed E-state index contributed by atoms with van der Waals surface area (Å²) in [6.07, 6.45) is 2.82. The third kappa shape index (κ3) is 2.49. The molecule has 8 nitrogen and oxygen atoms in total. The van der Waals surface area contributed by atoms with Crippen LogP contribution in [0.1, 0.15) is 12.2 Å². The van der Waals surface area contributed by atoms with Crippen LogP contribution in [0, 0.1) is 6.92 Å². The van der Waals surface area contributed by atoms with Gasteiger partial charge in [0.2, 0.25) is 6.79 Å². The summed E-state index contributed by atoms with van der Waals surface area (Å²) >= 11 is 0. The van der Waals surface area contributed by atoms with Crippen LogP contribution in [0.2, 0.25) is 0 Å². The van der Waals surface area contributed by atoms with E-state index >= 15 is 0 Å². The predicted molar refractivity (Wildman–Crippen MR) is 94.6 cm³/mol. The first-order chi connectivity index (χ1) is 12.7. The maximum Gasteiger partial charge on any atom is 0.322 e. The fourth-order valence-corrected chi connectivity index (χ4v) is 3.91. The molecular weight excluding hydrogens is 334 g/mol. The van der Waals surface area contributed by atoms with E-state index in [4.69, 9.17) is 9.47 Å². The standard InChI is InChI=1S/C18H19N5O3/c1-11-19-5-4-17(20-11)22-8-13-7-14(9-22)23(13)18(24)21-12-2-3-15-16(6-12)26-10-25-15/h2-6,13-14H,7-10H2,1H3,(H,21,24). The van der Waals surface area contributed by atoms with Crippen LogP contribution in [0.4, 0.5) is 16.3 Å². The minimum Gasteiger partial charge on any atom is -0.454 e. The zero-order valence-electron chi connectivity index (χ0n) is 14.4. The van der Waals surface area contributed by atoms with Crippen LogP contribution >= 0.6 is 0 Å². The lowest BCUT2D eigenvalue weighted by atomic mass is 9.88. The highest BCUT2D eigenvalue weighted by Gasteiger charge is 2.47. The van der Waals surface area contributed by atoms with Gasteiger partial charge in [0.15, 0.2) is 11.5 Å². The zero-order chi connectivity index (χ0) is 17.7. The van der Waals surface area contributed by atoms with Gasteiger partial charge in [0.05, 0.1) is 12.1 Å². The van der Waals surface area contributed by atoms with Crippen LogP contribution in [0.5, 0.6) is 11.5 Å². The molecule has 6 rings (SSSR count). The highest BCUT2D eigenvalue weighted by atomic mass is 16.7. The van der Waals surface area contributed by atoms with Crippen molar-refractivity contribution in [3.63, 3.8) is 0 Å². The maximum atomic E-state index is 12.7. The Kier molecular flexibility index (Phi) is 3.37. The average molecular weight is 353 g/mol. The van der Waals surface area contributed by atoms with E-state index in [0.29, 0.717) is 17.2 Å². The van der Waals surface area contributed by atoms with E-state index in [-0.39, 0.29) is 24.9 Å². The number of aryl methyl sites for hydroxylation is 1. The Labute approximate surface area is 150 Å². The molecular formula is C18H19N5O3. The third-order valence-corrected chi connectivity index (χ3v) is 5.14. The molecule has 2 atom stereocenters. The molecule has 4 aliphatic rings. The summed E-state index contributed by atoms with van der Waals surface area (Å²) in [5, 5.41) is 2.97. The van der Waals surface area contributed by atoms with Gasteiger partial charge >= 0.3 is 6.03 Å². The van der Waals surface area contributed by atoms with Crippen LogP contribution in [0.25, 0.3) is 0 Å². The number of nitrogens with zero attached hydrogens (tertiary/aromatic N) is 4. The Morgan fingerprint density at radius 3 is 2.81 bits per heavy atom. The van der Waals surface area contributed by atoms with Gasteiger partial charge in [0, 0.05) is 31.0 Å². The molecule has 0 aliphatic carbocycles. The average Bonchev–Trinajstić information content (AvgIpc) is 3.09. The number of hydrogen-bond acceptors (Lipinski definition) is 6. The first-order valence-corrected chi connectivity index (χ1v) is 8.71. The van der Waals surface area contributed by atoms with Gasteiger partial charge in [-0.2, -0.15) is 0 Å². The van der Waals surface area contributed by atoms with Crippen LogP contribution < -0.4 is 19.7 Å². The molecule has 4 aliphatic heterocycles. The molecule has 134 valence electrons. The molecule has 8 heteroatoms. The van der Waals surface area contributed by atoms with E-state index in [2.05, 4.69) is 20.2 Å². The summed E-state index contributed by atoms with van der Waals surface area (Å²) in [6.45, 7) is 3.70. The van der Waals surface area contributed by atoms with Crippen molar-refractivity contribution in [3.05, 3.63) is 36.3 Å². The molecule has 2 aromatic rings. The van der Waals surface area contributed by atoms with Gasteiger partial charge in [0.1, 0.15) is 11.6 Å². The molecule has 1 aromatic carbocycles. The van der Waals surface area contributed by atoms with Crippen molar-refractivity contribution in [2.45, 2.75) is 25.4 Å². The summed E-state index contributed by atoms with van der Waals surface area (Å²) in [5.41, 5.74) is 0.715. The van der Waals surface area contributed by atoms with Crippen molar-refractivity contribution >= 4 is 17.5 Å². The molecule has 5 heterocycles. The number of hydrogen-bond donors (Lipinski definition) is 1. The molecule has 26 heavy (non-hydrogen) atoms. The molecule has 2 bridgehead atoms. The number of nitrogens with one attached hydrogen (secondary N) is 1. The summed E-state index contributed by atoms with van der Waals surface area (Å²) in [6, 6.07) is 7.71. The van der Waals surface area contributed by atoms with Crippen molar-refractivity contribution in [2.24, 2.45) is 0 Å². The van der Waals surface area contributed by atoms with Crippen molar-refractivity contribution in [3.8, 4) is 11.5 Å². The van der Waals surface area contributed by atoms with E-state index in [1.165, 1.54) is 0 Å². The minimum atomic E-state index is -0.0661. The number of anilines is 2. The largest absolute Gasteiger partial charge is 0.454 e. The fourth-order valence-electron chi connectivity index (χ4n) is 3.91. The summed E-state index contributed by atoms with van der Waals surface area (Å²) in [4.78, 5) is 25.5. The number of carbonyl (C=O) groups is 1. The normalized spacial score (nSPS) is 22.8. The topological polar surface area (TPSA) is 79.8 Å². The number of piperazine rings is 1. The van der Waals surface area contributed by atoms with Crippen LogP contribution in [0.15, 0.2) is 30.5 Å². The number of fused-ring (bicyclic) bond motifs is 3.